The van der Waals surface area contributed by atoms with Gasteiger partial charge in [-0.1, -0.05) is 28.9 Å². The van der Waals surface area contributed by atoms with Crippen LogP contribution in [0.5, 0.6) is 0 Å². The molecule has 2 aromatic heterocycles. The van der Waals surface area contributed by atoms with Crippen molar-refractivity contribution in [2.45, 2.75) is 26.8 Å². The van der Waals surface area contributed by atoms with E-state index in [0.29, 0.717) is 10.7 Å². The lowest BCUT2D eigenvalue weighted by Crippen LogP contribution is -2.21. The van der Waals surface area contributed by atoms with Crippen molar-refractivity contribution in [2.75, 3.05) is 18.5 Å². The molecule has 188 valence electrons. The molecule has 0 saturated carbocycles. The summed E-state index contributed by atoms with van der Waals surface area (Å²) in [7, 11) is 3.61. The summed E-state index contributed by atoms with van der Waals surface area (Å²) in [5.41, 5.74) is 5.10. The number of fused-ring (bicyclic) bond motifs is 1. The molecule has 0 radical (unpaired) electrons. The average Bonchev–Trinajstić information content (AvgIpc) is 3.39. The fourth-order valence-electron chi connectivity index (χ4n) is 4.28. The molecular weight excluding hydrogens is 482 g/mol. The van der Waals surface area contributed by atoms with E-state index >= 15 is 0 Å². The van der Waals surface area contributed by atoms with Crippen molar-refractivity contribution in [3.63, 3.8) is 0 Å². The summed E-state index contributed by atoms with van der Waals surface area (Å²) in [5.74, 6) is -1.19. The summed E-state index contributed by atoms with van der Waals surface area (Å²) in [4.78, 5) is 26.0. The van der Waals surface area contributed by atoms with E-state index in [0.717, 1.165) is 27.8 Å². The van der Waals surface area contributed by atoms with E-state index in [2.05, 4.69) is 15.6 Å². The second-order valence-electron chi connectivity index (χ2n) is 8.36. The topological polar surface area (TPSA) is 100 Å². The molecule has 1 atom stereocenters. The number of aryl methyl sites for hydroxylation is 3. The minimum atomic E-state index is -0.598. The second kappa shape index (κ2) is 10.4. The number of nitrogens with zero attached hydrogens (tertiary/aromatic N) is 4. The highest BCUT2D eigenvalue weighted by atomic mass is 35.5. The standard InChI is InChI=1S/C26H28ClN5O4/c1-6-35-25(33)19-14-31(4)24(21(19)26(34)36-7-2)23(16-8-10-17(27)11-9-16)28-18-12-15(3)22-20(13-18)32(5)30-29-22/h8-14,23,28H,6-7H2,1-5H3. The van der Waals surface area contributed by atoms with Crippen LogP contribution in [0.1, 0.15) is 57.4 Å². The normalized spacial score (nSPS) is 11.9. The van der Waals surface area contributed by atoms with E-state index < -0.39 is 18.0 Å². The number of carbonyl (C=O) groups is 2. The molecule has 0 aliphatic heterocycles. The molecule has 0 aliphatic rings. The number of halogens is 1. The quantitative estimate of drug-likeness (QED) is 0.340. The van der Waals surface area contributed by atoms with E-state index in [1.165, 1.54) is 0 Å². The molecule has 0 aliphatic carbocycles. The first-order valence-electron chi connectivity index (χ1n) is 11.6. The molecule has 4 rings (SSSR count). The minimum Gasteiger partial charge on any atom is -0.462 e. The van der Waals surface area contributed by atoms with Crippen molar-refractivity contribution >= 4 is 40.3 Å². The average molecular weight is 510 g/mol. The van der Waals surface area contributed by atoms with Crippen LogP contribution in [0.3, 0.4) is 0 Å². The molecule has 9 nitrogen and oxygen atoms in total. The van der Waals surface area contributed by atoms with Crippen molar-refractivity contribution in [2.24, 2.45) is 14.1 Å². The van der Waals surface area contributed by atoms with E-state index in [-0.39, 0.29) is 24.3 Å². The van der Waals surface area contributed by atoms with E-state index in [4.69, 9.17) is 21.1 Å². The summed E-state index contributed by atoms with van der Waals surface area (Å²) >= 11 is 6.17. The Morgan fingerprint density at radius 1 is 1.06 bits per heavy atom. The highest BCUT2D eigenvalue weighted by Crippen LogP contribution is 2.34. The third kappa shape index (κ3) is 4.79. The highest BCUT2D eigenvalue weighted by Gasteiger charge is 2.32. The number of aromatic nitrogens is 4. The van der Waals surface area contributed by atoms with Crippen LogP contribution in [0.15, 0.2) is 42.6 Å². The van der Waals surface area contributed by atoms with Crippen molar-refractivity contribution in [1.29, 1.82) is 0 Å². The van der Waals surface area contributed by atoms with Crippen LogP contribution in [0, 0.1) is 6.92 Å². The zero-order valence-electron chi connectivity index (χ0n) is 20.8. The monoisotopic (exact) mass is 509 g/mol. The Hall–Kier alpha value is -3.85. The van der Waals surface area contributed by atoms with Crippen molar-refractivity contribution in [1.82, 2.24) is 19.6 Å². The lowest BCUT2D eigenvalue weighted by Gasteiger charge is -2.23. The van der Waals surface area contributed by atoms with Gasteiger partial charge in [-0.15, -0.1) is 5.10 Å². The maximum absolute atomic E-state index is 13.2. The molecule has 2 heterocycles. The Labute approximate surface area is 213 Å². The van der Waals surface area contributed by atoms with Crippen LogP contribution < -0.4 is 5.32 Å². The van der Waals surface area contributed by atoms with Crippen molar-refractivity contribution < 1.29 is 19.1 Å². The Bertz CT molecular complexity index is 1420. The zero-order valence-corrected chi connectivity index (χ0v) is 21.6. The molecule has 36 heavy (non-hydrogen) atoms. The third-order valence-electron chi connectivity index (χ3n) is 5.90. The molecule has 1 unspecified atom stereocenters. The zero-order chi connectivity index (χ0) is 26.0. The molecule has 0 amide bonds. The van der Waals surface area contributed by atoms with Gasteiger partial charge in [0.15, 0.2) is 0 Å². The molecular formula is C26H28ClN5O4. The predicted molar refractivity (Wildman–Crippen MR) is 137 cm³/mol. The van der Waals surface area contributed by atoms with Gasteiger partial charge in [0.25, 0.3) is 0 Å². The van der Waals surface area contributed by atoms with Crippen molar-refractivity contribution in [3.05, 3.63) is 75.6 Å². The smallest absolute Gasteiger partial charge is 0.340 e. The van der Waals surface area contributed by atoms with Crippen molar-refractivity contribution in [3.8, 4) is 0 Å². The van der Waals surface area contributed by atoms with E-state index in [1.54, 1.807) is 48.5 Å². The molecule has 1 N–H and O–H groups in total. The lowest BCUT2D eigenvalue weighted by molar-refractivity contribution is 0.0479. The molecule has 0 fully saturated rings. The van der Waals surface area contributed by atoms with E-state index in [1.807, 2.05) is 38.2 Å². The van der Waals surface area contributed by atoms with Gasteiger partial charge in [0.2, 0.25) is 0 Å². The number of benzene rings is 2. The molecule has 2 aromatic carbocycles. The van der Waals surface area contributed by atoms with Gasteiger partial charge in [0.1, 0.15) is 5.52 Å². The number of rotatable bonds is 8. The van der Waals surface area contributed by atoms with Gasteiger partial charge in [0.05, 0.1) is 41.6 Å². The second-order valence-corrected chi connectivity index (χ2v) is 8.79. The lowest BCUT2D eigenvalue weighted by atomic mass is 9.98. The van der Waals surface area contributed by atoms with Gasteiger partial charge in [-0.05, 0) is 56.2 Å². The Morgan fingerprint density at radius 3 is 2.39 bits per heavy atom. The molecule has 10 heteroatoms. The van der Waals surface area contributed by atoms with Gasteiger partial charge in [-0.3, -0.25) is 0 Å². The summed E-state index contributed by atoms with van der Waals surface area (Å²) in [6.07, 6.45) is 1.60. The van der Waals surface area contributed by atoms with Crippen LogP contribution in [-0.2, 0) is 23.6 Å². The molecule has 0 bridgehead atoms. The summed E-state index contributed by atoms with van der Waals surface area (Å²) in [6.45, 7) is 5.75. The number of anilines is 1. The SMILES string of the molecule is CCOC(=O)c1cn(C)c(C(Nc2cc(C)c3nnn(C)c3c2)c2ccc(Cl)cc2)c1C(=O)OCC. The number of ether oxygens (including phenoxy) is 2. The van der Waals surface area contributed by atoms with Gasteiger partial charge in [-0.25, -0.2) is 14.3 Å². The fourth-order valence-corrected chi connectivity index (χ4v) is 4.41. The van der Waals surface area contributed by atoms with Crippen LogP contribution in [0.4, 0.5) is 5.69 Å². The first-order valence-corrected chi connectivity index (χ1v) is 12.0. The Balaban J connectivity index is 1.92. The molecule has 0 spiro atoms. The molecule has 0 saturated heterocycles. The predicted octanol–water partition coefficient (Wildman–Crippen LogP) is 4.82. The van der Waals surface area contributed by atoms with Crippen LogP contribution in [-0.4, -0.2) is 44.7 Å². The van der Waals surface area contributed by atoms with Crippen LogP contribution >= 0.6 is 11.6 Å². The highest BCUT2D eigenvalue weighted by molar-refractivity contribution is 6.30. The minimum absolute atomic E-state index is 0.149. The number of hydrogen-bond acceptors (Lipinski definition) is 7. The Kier molecular flexibility index (Phi) is 7.30. The maximum atomic E-state index is 13.2. The fraction of sp³-hybridized carbons (Fsp3) is 0.308. The van der Waals surface area contributed by atoms with Crippen LogP contribution in [0.2, 0.25) is 5.02 Å². The molecule has 4 aromatic rings. The van der Waals surface area contributed by atoms with Gasteiger partial charge < -0.3 is 19.4 Å². The number of hydrogen-bond donors (Lipinski definition) is 1. The summed E-state index contributed by atoms with van der Waals surface area (Å²) < 4.78 is 14.1. The Morgan fingerprint density at radius 2 is 1.72 bits per heavy atom. The number of nitrogens with one attached hydrogen (secondary N) is 1. The third-order valence-corrected chi connectivity index (χ3v) is 6.15. The summed E-state index contributed by atoms with van der Waals surface area (Å²) in [5, 5.41) is 12.5. The largest absolute Gasteiger partial charge is 0.462 e. The summed E-state index contributed by atoms with van der Waals surface area (Å²) in [6, 6.07) is 10.7. The van der Waals surface area contributed by atoms with Gasteiger partial charge in [-0.2, -0.15) is 0 Å². The first kappa shape index (κ1) is 25.2. The van der Waals surface area contributed by atoms with Gasteiger partial charge in [0, 0.05) is 31.0 Å². The number of carbonyl (C=O) groups excluding carboxylic acids is 2. The van der Waals surface area contributed by atoms with Gasteiger partial charge >= 0.3 is 11.9 Å². The maximum Gasteiger partial charge on any atom is 0.340 e. The van der Waals surface area contributed by atoms with E-state index in [9.17, 15) is 9.59 Å². The number of esters is 2. The first-order chi connectivity index (χ1) is 17.2. The van der Waals surface area contributed by atoms with Crippen LogP contribution in [0.25, 0.3) is 11.0 Å².